The second-order valence-corrected chi connectivity index (χ2v) is 5.31. The number of nitriles is 1. The average Bonchev–Trinajstić information content (AvgIpc) is 3.02. The van der Waals surface area contributed by atoms with Crippen molar-refractivity contribution in [2.45, 2.75) is 6.92 Å². The van der Waals surface area contributed by atoms with Crippen molar-refractivity contribution < 1.29 is 19.0 Å². The Morgan fingerprint density at radius 1 is 1.08 bits per heavy atom. The number of aliphatic imine (C=N–C) groups is 1. The molecule has 0 amide bonds. The summed E-state index contributed by atoms with van der Waals surface area (Å²) >= 11 is 0. The minimum atomic E-state index is -0.501. The van der Waals surface area contributed by atoms with E-state index in [1.54, 1.807) is 54.6 Å². The van der Waals surface area contributed by atoms with Crippen LogP contribution in [0.2, 0.25) is 0 Å². The first-order chi connectivity index (χ1) is 12.7. The van der Waals surface area contributed by atoms with Gasteiger partial charge < -0.3 is 14.2 Å². The Kier molecular flexibility index (Phi) is 5.30. The van der Waals surface area contributed by atoms with Crippen molar-refractivity contribution in [3.63, 3.8) is 0 Å². The number of nitrogens with zero attached hydrogens (tertiary/aromatic N) is 2. The fourth-order valence-corrected chi connectivity index (χ4v) is 2.33. The maximum atomic E-state index is 12.0. The number of hydrogen-bond acceptors (Lipinski definition) is 6. The molecule has 0 aromatic heterocycles. The minimum Gasteiger partial charge on any atom is -0.494 e. The molecule has 6 heteroatoms. The molecule has 0 N–H and O–H groups in total. The van der Waals surface area contributed by atoms with Crippen molar-refractivity contribution in [1.82, 2.24) is 0 Å². The van der Waals surface area contributed by atoms with Crippen LogP contribution >= 0.6 is 0 Å². The number of carbonyl (C=O) groups is 1. The van der Waals surface area contributed by atoms with E-state index < -0.39 is 5.97 Å². The summed E-state index contributed by atoms with van der Waals surface area (Å²) in [6, 6.07) is 16.1. The number of benzene rings is 2. The van der Waals surface area contributed by atoms with Crippen LogP contribution in [0.4, 0.5) is 0 Å². The molecule has 0 atom stereocenters. The summed E-state index contributed by atoms with van der Waals surface area (Å²) in [6.45, 7) is 2.49. The summed E-state index contributed by atoms with van der Waals surface area (Å²) in [4.78, 5) is 16.3. The predicted molar refractivity (Wildman–Crippen MR) is 95.8 cm³/mol. The topological polar surface area (TPSA) is 80.9 Å². The van der Waals surface area contributed by atoms with E-state index in [9.17, 15) is 4.79 Å². The molecule has 130 valence electrons. The molecule has 26 heavy (non-hydrogen) atoms. The van der Waals surface area contributed by atoms with E-state index in [2.05, 4.69) is 4.99 Å². The number of esters is 1. The van der Waals surface area contributed by atoms with Gasteiger partial charge in [-0.3, -0.25) is 0 Å². The Morgan fingerprint density at radius 3 is 2.38 bits per heavy atom. The lowest BCUT2D eigenvalue weighted by atomic mass is 10.2. The number of carbonyl (C=O) groups excluding carboxylic acids is 1. The molecule has 0 radical (unpaired) electrons. The highest BCUT2D eigenvalue weighted by atomic mass is 16.6. The molecule has 0 fully saturated rings. The standard InChI is InChI=1S/C20H16N2O4/c1-2-24-16-9-5-15(6-10-16)19-22-18(20(23)26-19)13-14-3-7-17(8-4-14)25-12-11-21/h3-10,13H,2,12H2,1H3/b18-13-. The molecule has 2 aromatic rings. The summed E-state index contributed by atoms with van der Waals surface area (Å²) in [7, 11) is 0. The highest BCUT2D eigenvalue weighted by Gasteiger charge is 2.24. The zero-order chi connectivity index (χ0) is 18.4. The lowest BCUT2D eigenvalue weighted by Crippen LogP contribution is -2.05. The van der Waals surface area contributed by atoms with E-state index in [0.717, 1.165) is 11.3 Å². The van der Waals surface area contributed by atoms with Crippen LogP contribution < -0.4 is 9.47 Å². The van der Waals surface area contributed by atoms with Gasteiger partial charge in [-0.25, -0.2) is 9.79 Å². The average molecular weight is 348 g/mol. The molecule has 0 spiro atoms. The van der Waals surface area contributed by atoms with Gasteiger partial charge in [-0.15, -0.1) is 0 Å². The molecule has 0 unspecified atom stereocenters. The molecule has 3 rings (SSSR count). The second kappa shape index (κ2) is 7.99. The molecule has 1 aliphatic heterocycles. The fraction of sp³-hybridized carbons (Fsp3) is 0.150. The normalized spacial score (nSPS) is 14.5. The Labute approximate surface area is 151 Å². The maximum Gasteiger partial charge on any atom is 0.363 e. The van der Waals surface area contributed by atoms with Crippen molar-refractivity contribution in [2.75, 3.05) is 13.2 Å². The molecule has 1 heterocycles. The number of ether oxygens (including phenoxy) is 3. The summed E-state index contributed by atoms with van der Waals surface area (Å²) in [5.41, 5.74) is 1.70. The van der Waals surface area contributed by atoms with Crippen LogP contribution in [0.15, 0.2) is 59.2 Å². The van der Waals surface area contributed by atoms with Gasteiger partial charge in [-0.1, -0.05) is 12.1 Å². The highest BCUT2D eigenvalue weighted by molar-refractivity contribution is 6.12. The highest BCUT2D eigenvalue weighted by Crippen LogP contribution is 2.22. The molecule has 0 bridgehead atoms. The lowest BCUT2D eigenvalue weighted by Gasteiger charge is -2.03. The van der Waals surface area contributed by atoms with Gasteiger partial charge >= 0.3 is 5.97 Å². The zero-order valence-electron chi connectivity index (χ0n) is 14.1. The van der Waals surface area contributed by atoms with E-state index in [4.69, 9.17) is 19.5 Å². The van der Waals surface area contributed by atoms with Crippen molar-refractivity contribution >= 4 is 17.9 Å². The second-order valence-electron chi connectivity index (χ2n) is 5.31. The molecule has 0 saturated carbocycles. The van der Waals surface area contributed by atoms with Crippen LogP contribution in [0, 0.1) is 11.3 Å². The summed E-state index contributed by atoms with van der Waals surface area (Å²) in [6.07, 6.45) is 1.64. The largest absolute Gasteiger partial charge is 0.494 e. The molecule has 2 aromatic carbocycles. The van der Waals surface area contributed by atoms with Gasteiger partial charge in [0.2, 0.25) is 5.90 Å². The van der Waals surface area contributed by atoms with Crippen LogP contribution in [-0.4, -0.2) is 25.1 Å². The summed E-state index contributed by atoms with van der Waals surface area (Å²) in [5.74, 6) is 1.09. The van der Waals surface area contributed by atoms with Gasteiger partial charge in [0.15, 0.2) is 12.3 Å². The van der Waals surface area contributed by atoms with Gasteiger partial charge in [0, 0.05) is 5.56 Å². The smallest absolute Gasteiger partial charge is 0.363 e. The van der Waals surface area contributed by atoms with E-state index in [-0.39, 0.29) is 18.2 Å². The van der Waals surface area contributed by atoms with Gasteiger partial charge in [0.25, 0.3) is 0 Å². The maximum absolute atomic E-state index is 12.0. The first-order valence-corrected chi connectivity index (χ1v) is 8.05. The Balaban J connectivity index is 1.76. The number of cyclic esters (lactones) is 1. The molecular formula is C20H16N2O4. The van der Waals surface area contributed by atoms with Crippen LogP contribution in [0.3, 0.4) is 0 Å². The van der Waals surface area contributed by atoms with E-state index in [1.807, 2.05) is 13.0 Å². The molecule has 0 saturated heterocycles. The molecule has 6 nitrogen and oxygen atoms in total. The van der Waals surface area contributed by atoms with Crippen LogP contribution in [-0.2, 0) is 9.53 Å². The van der Waals surface area contributed by atoms with E-state index in [1.165, 1.54) is 0 Å². The van der Waals surface area contributed by atoms with Gasteiger partial charge in [0.05, 0.1) is 6.61 Å². The Hall–Kier alpha value is -3.59. The third-order valence-corrected chi connectivity index (χ3v) is 3.52. The SMILES string of the molecule is CCOc1ccc(C2=N/C(=C\c3ccc(OCC#N)cc3)C(=O)O2)cc1. The van der Waals surface area contributed by atoms with Crippen molar-refractivity contribution in [3.8, 4) is 17.6 Å². The van der Waals surface area contributed by atoms with E-state index >= 15 is 0 Å². The third-order valence-electron chi connectivity index (χ3n) is 3.52. The summed E-state index contributed by atoms with van der Waals surface area (Å²) in [5, 5.41) is 8.50. The molecule has 1 aliphatic rings. The lowest BCUT2D eigenvalue weighted by molar-refractivity contribution is -0.129. The van der Waals surface area contributed by atoms with Crippen molar-refractivity contribution in [2.24, 2.45) is 4.99 Å². The molecule has 0 aliphatic carbocycles. The van der Waals surface area contributed by atoms with E-state index in [0.29, 0.717) is 17.9 Å². The fourth-order valence-electron chi connectivity index (χ4n) is 2.33. The molecular weight excluding hydrogens is 332 g/mol. The summed E-state index contributed by atoms with van der Waals surface area (Å²) < 4.78 is 15.8. The first kappa shape index (κ1) is 17.2. The van der Waals surface area contributed by atoms with Gasteiger partial charge in [-0.2, -0.15) is 5.26 Å². The van der Waals surface area contributed by atoms with Gasteiger partial charge in [-0.05, 0) is 55.0 Å². The monoisotopic (exact) mass is 348 g/mol. The van der Waals surface area contributed by atoms with Crippen molar-refractivity contribution in [1.29, 1.82) is 5.26 Å². The quantitative estimate of drug-likeness (QED) is 0.591. The number of hydrogen-bond donors (Lipinski definition) is 0. The van der Waals surface area contributed by atoms with Crippen LogP contribution in [0.25, 0.3) is 6.08 Å². The van der Waals surface area contributed by atoms with Crippen LogP contribution in [0.5, 0.6) is 11.5 Å². The Morgan fingerprint density at radius 2 is 1.73 bits per heavy atom. The van der Waals surface area contributed by atoms with Crippen molar-refractivity contribution in [3.05, 3.63) is 65.4 Å². The minimum absolute atomic E-state index is 0.0114. The zero-order valence-corrected chi connectivity index (χ0v) is 14.1. The third kappa shape index (κ3) is 4.08. The first-order valence-electron chi connectivity index (χ1n) is 8.05. The van der Waals surface area contributed by atoms with Crippen LogP contribution in [0.1, 0.15) is 18.1 Å². The number of rotatable bonds is 6. The Bertz CT molecular complexity index is 891. The predicted octanol–water partition coefficient (Wildman–Crippen LogP) is 3.33. The van der Waals surface area contributed by atoms with Gasteiger partial charge in [0.1, 0.15) is 17.6 Å².